The molecule has 0 aliphatic rings. The standard InChI is InChI=1S/C10H20N2O2/c1-6(2)10(14)8(5-9(11)13)12-7(3)4/h6-8,12H,5H2,1-4H3,(H2,11,13). The van der Waals surface area contributed by atoms with Crippen molar-refractivity contribution in [3.05, 3.63) is 0 Å². The number of amides is 1. The fourth-order valence-corrected chi connectivity index (χ4v) is 1.25. The van der Waals surface area contributed by atoms with Crippen molar-refractivity contribution in [3.63, 3.8) is 0 Å². The summed E-state index contributed by atoms with van der Waals surface area (Å²) < 4.78 is 0. The van der Waals surface area contributed by atoms with Crippen LogP contribution in [0.2, 0.25) is 0 Å². The smallest absolute Gasteiger partial charge is 0.219 e. The van der Waals surface area contributed by atoms with Crippen LogP contribution in [-0.4, -0.2) is 23.8 Å². The van der Waals surface area contributed by atoms with Gasteiger partial charge >= 0.3 is 0 Å². The van der Waals surface area contributed by atoms with Gasteiger partial charge in [-0.2, -0.15) is 0 Å². The zero-order valence-electron chi connectivity index (χ0n) is 9.33. The van der Waals surface area contributed by atoms with Crippen LogP contribution < -0.4 is 11.1 Å². The average molecular weight is 200 g/mol. The van der Waals surface area contributed by atoms with E-state index in [1.54, 1.807) is 0 Å². The van der Waals surface area contributed by atoms with Crippen LogP contribution in [0.3, 0.4) is 0 Å². The van der Waals surface area contributed by atoms with E-state index >= 15 is 0 Å². The van der Waals surface area contributed by atoms with E-state index in [1.807, 2.05) is 27.7 Å². The van der Waals surface area contributed by atoms with Crippen LogP contribution in [0, 0.1) is 5.92 Å². The Balaban J connectivity index is 4.38. The molecule has 1 amide bonds. The predicted molar refractivity (Wildman–Crippen MR) is 55.7 cm³/mol. The van der Waals surface area contributed by atoms with Gasteiger partial charge in [-0.3, -0.25) is 9.59 Å². The number of ketones is 1. The number of hydrogen-bond acceptors (Lipinski definition) is 3. The lowest BCUT2D eigenvalue weighted by atomic mass is 9.98. The lowest BCUT2D eigenvalue weighted by Gasteiger charge is -2.20. The predicted octanol–water partition coefficient (Wildman–Crippen LogP) is 0.453. The van der Waals surface area contributed by atoms with Crippen LogP contribution in [-0.2, 0) is 9.59 Å². The highest BCUT2D eigenvalue weighted by atomic mass is 16.1. The van der Waals surface area contributed by atoms with Gasteiger partial charge in [0.05, 0.1) is 6.04 Å². The third-order valence-electron chi connectivity index (χ3n) is 1.85. The average Bonchev–Trinajstić information content (AvgIpc) is 1.99. The monoisotopic (exact) mass is 200 g/mol. The second-order valence-electron chi connectivity index (χ2n) is 4.10. The highest BCUT2D eigenvalue weighted by molar-refractivity contribution is 5.90. The number of rotatable bonds is 6. The van der Waals surface area contributed by atoms with Crippen LogP contribution in [0.1, 0.15) is 34.1 Å². The Morgan fingerprint density at radius 3 is 2.00 bits per heavy atom. The van der Waals surface area contributed by atoms with Gasteiger partial charge in [0, 0.05) is 18.4 Å². The van der Waals surface area contributed by atoms with E-state index in [1.165, 1.54) is 0 Å². The zero-order chi connectivity index (χ0) is 11.3. The molecule has 0 rings (SSSR count). The zero-order valence-corrected chi connectivity index (χ0v) is 9.33. The molecule has 0 aromatic heterocycles. The molecule has 0 saturated carbocycles. The summed E-state index contributed by atoms with van der Waals surface area (Å²) in [6.45, 7) is 7.50. The van der Waals surface area contributed by atoms with Crippen molar-refractivity contribution >= 4 is 11.7 Å². The molecule has 0 aliphatic carbocycles. The Bertz CT molecular complexity index is 212. The van der Waals surface area contributed by atoms with Gasteiger partial charge in [-0.25, -0.2) is 0 Å². The first-order chi connectivity index (χ1) is 6.34. The summed E-state index contributed by atoms with van der Waals surface area (Å²) >= 11 is 0. The van der Waals surface area contributed by atoms with Gasteiger partial charge in [0.2, 0.25) is 5.91 Å². The molecule has 1 atom stereocenters. The van der Waals surface area contributed by atoms with Gasteiger partial charge in [-0.05, 0) is 0 Å². The number of nitrogens with one attached hydrogen (secondary N) is 1. The van der Waals surface area contributed by atoms with Crippen molar-refractivity contribution in [2.75, 3.05) is 0 Å². The molecule has 1 unspecified atom stereocenters. The molecule has 3 N–H and O–H groups in total. The van der Waals surface area contributed by atoms with Crippen LogP contribution in [0.15, 0.2) is 0 Å². The largest absolute Gasteiger partial charge is 0.370 e. The Hall–Kier alpha value is -0.900. The van der Waals surface area contributed by atoms with Crippen LogP contribution in [0.5, 0.6) is 0 Å². The first kappa shape index (κ1) is 13.1. The summed E-state index contributed by atoms with van der Waals surface area (Å²) in [5, 5.41) is 3.04. The molecule has 4 heteroatoms. The fraction of sp³-hybridized carbons (Fsp3) is 0.800. The van der Waals surface area contributed by atoms with E-state index in [0.29, 0.717) is 0 Å². The third kappa shape index (κ3) is 4.97. The first-order valence-corrected chi connectivity index (χ1v) is 4.92. The van der Waals surface area contributed by atoms with Crippen molar-refractivity contribution in [2.24, 2.45) is 11.7 Å². The number of primary amides is 1. The van der Waals surface area contributed by atoms with Crippen molar-refractivity contribution in [3.8, 4) is 0 Å². The van der Waals surface area contributed by atoms with E-state index in [2.05, 4.69) is 5.32 Å². The lowest BCUT2D eigenvalue weighted by molar-refractivity contribution is -0.127. The minimum atomic E-state index is -0.447. The summed E-state index contributed by atoms with van der Waals surface area (Å²) in [4.78, 5) is 22.4. The molecule has 0 fully saturated rings. The molecule has 0 aromatic rings. The van der Waals surface area contributed by atoms with Crippen LogP contribution in [0.25, 0.3) is 0 Å². The van der Waals surface area contributed by atoms with Gasteiger partial charge in [0.1, 0.15) is 0 Å². The Morgan fingerprint density at radius 1 is 1.21 bits per heavy atom. The maximum atomic E-state index is 11.6. The molecule has 4 nitrogen and oxygen atoms in total. The maximum Gasteiger partial charge on any atom is 0.219 e. The molecular formula is C10H20N2O2. The summed E-state index contributed by atoms with van der Waals surface area (Å²) in [5.74, 6) is -0.486. The molecule has 14 heavy (non-hydrogen) atoms. The summed E-state index contributed by atoms with van der Waals surface area (Å²) in [6.07, 6.45) is 0.0786. The van der Waals surface area contributed by atoms with E-state index in [0.717, 1.165) is 0 Å². The van der Waals surface area contributed by atoms with E-state index in [9.17, 15) is 9.59 Å². The maximum absolute atomic E-state index is 11.6. The first-order valence-electron chi connectivity index (χ1n) is 4.92. The normalized spacial score (nSPS) is 13.3. The Morgan fingerprint density at radius 2 is 1.71 bits per heavy atom. The lowest BCUT2D eigenvalue weighted by Crippen LogP contribution is -2.45. The van der Waals surface area contributed by atoms with Crippen molar-refractivity contribution in [1.82, 2.24) is 5.32 Å². The van der Waals surface area contributed by atoms with Crippen LogP contribution >= 0.6 is 0 Å². The molecule has 0 aromatic carbocycles. The Kier molecular flexibility index (Phi) is 5.38. The summed E-state index contributed by atoms with van der Waals surface area (Å²) in [7, 11) is 0. The molecule has 0 aliphatic heterocycles. The molecule has 0 radical (unpaired) electrons. The van der Waals surface area contributed by atoms with Gasteiger partial charge in [-0.15, -0.1) is 0 Å². The number of nitrogens with two attached hydrogens (primary N) is 1. The molecule has 0 heterocycles. The van der Waals surface area contributed by atoms with Gasteiger partial charge in [-0.1, -0.05) is 27.7 Å². The minimum Gasteiger partial charge on any atom is -0.370 e. The molecule has 0 bridgehead atoms. The van der Waals surface area contributed by atoms with E-state index in [-0.39, 0.29) is 24.2 Å². The highest BCUT2D eigenvalue weighted by Gasteiger charge is 2.23. The summed E-state index contributed by atoms with van der Waals surface area (Å²) in [5.41, 5.74) is 5.08. The fourth-order valence-electron chi connectivity index (χ4n) is 1.25. The molecule has 82 valence electrons. The molecular weight excluding hydrogens is 180 g/mol. The van der Waals surface area contributed by atoms with Gasteiger partial charge in [0.15, 0.2) is 5.78 Å². The van der Waals surface area contributed by atoms with E-state index < -0.39 is 11.9 Å². The van der Waals surface area contributed by atoms with E-state index in [4.69, 9.17) is 5.73 Å². The molecule has 0 saturated heterocycles. The topological polar surface area (TPSA) is 72.2 Å². The number of Topliss-reactive ketones (excluding diaryl/α,β-unsaturated/α-hetero) is 1. The number of hydrogen-bond donors (Lipinski definition) is 2. The van der Waals surface area contributed by atoms with Crippen molar-refractivity contribution in [1.29, 1.82) is 0 Å². The quantitative estimate of drug-likeness (QED) is 0.654. The molecule has 0 spiro atoms. The van der Waals surface area contributed by atoms with Gasteiger partial charge in [0.25, 0.3) is 0 Å². The van der Waals surface area contributed by atoms with Crippen LogP contribution in [0.4, 0.5) is 0 Å². The SMILES string of the molecule is CC(C)NC(CC(N)=O)C(=O)C(C)C. The van der Waals surface area contributed by atoms with Crippen molar-refractivity contribution in [2.45, 2.75) is 46.2 Å². The third-order valence-corrected chi connectivity index (χ3v) is 1.85. The Labute approximate surface area is 85.2 Å². The number of carbonyl (C=O) groups is 2. The number of carbonyl (C=O) groups excluding carboxylic acids is 2. The van der Waals surface area contributed by atoms with Gasteiger partial charge < -0.3 is 11.1 Å². The van der Waals surface area contributed by atoms with Crippen molar-refractivity contribution < 1.29 is 9.59 Å². The highest BCUT2D eigenvalue weighted by Crippen LogP contribution is 2.04. The second-order valence-corrected chi connectivity index (χ2v) is 4.10. The summed E-state index contributed by atoms with van der Waals surface area (Å²) in [6, 6.07) is -0.269. The minimum absolute atomic E-state index is 0.0394. The second kappa shape index (κ2) is 5.75.